The maximum Gasteiger partial charge on any atom is 0.255 e. The Morgan fingerprint density at radius 3 is 2.21 bits per heavy atom. The van der Waals surface area contributed by atoms with Gasteiger partial charge in [-0.25, -0.2) is 0 Å². The lowest BCUT2D eigenvalue weighted by molar-refractivity contribution is 0.102. The highest BCUT2D eigenvalue weighted by Gasteiger charge is 2.10. The van der Waals surface area contributed by atoms with Gasteiger partial charge >= 0.3 is 0 Å². The highest BCUT2D eigenvalue weighted by atomic mass is 79.9. The fraction of sp³-hybridized carbons (Fsp3) is 0.0500. The normalized spacial score (nSPS) is 10.4. The van der Waals surface area contributed by atoms with Crippen molar-refractivity contribution in [1.82, 2.24) is 0 Å². The molecule has 0 aliphatic carbocycles. The molecule has 2 nitrogen and oxygen atoms in total. The molecule has 0 aromatic heterocycles. The predicted molar refractivity (Wildman–Crippen MR) is 105 cm³/mol. The molecule has 0 bridgehead atoms. The molecule has 0 saturated heterocycles. The van der Waals surface area contributed by atoms with Gasteiger partial charge in [-0.05, 0) is 53.9 Å². The third kappa shape index (κ3) is 4.34. The molecule has 1 N–H and O–H groups in total. The molecule has 0 fully saturated rings. The van der Waals surface area contributed by atoms with Gasteiger partial charge in [0.25, 0.3) is 5.91 Å². The Bertz CT molecular complexity index is 845. The van der Waals surface area contributed by atoms with Crippen molar-refractivity contribution in [3.05, 3.63) is 98.4 Å². The molecular weight excluding hydrogens is 430 g/mol. The van der Waals surface area contributed by atoms with Gasteiger partial charge in [0.15, 0.2) is 0 Å². The van der Waals surface area contributed by atoms with Crippen LogP contribution in [0, 0.1) is 0 Å². The van der Waals surface area contributed by atoms with Crippen LogP contribution in [-0.4, -0.2) is 5.91 Å². The maximum absolute atomic E-state index is 12.5. The van der Waals surface area contributed by atoms with Crippen molar-refractivity contribution in [1.29, 1.82) is 0 Å². The van der Waals surface area contributed by atoms with E-state index < -0.39 is 0 Å². The molecule has 24 heavy (non-hydrogen) atoms. The van der Waals surface area contributed by atoms with E-state index in [0.29, 0.717) is 5.56 Å². The number of rotatable bonds is 4. The predicted octanol–water partition coefficient (Wildman–Crippen LogP) is 6.05. The van der Waals surface area contributed by atoms with Crippen LogP contribution >= 0.6 is 31.9 Å². The van der Waals surface area contributed by atoms with Gasteiger partial charge in [-0.3, -0.25) is 4.79 Å². The average molecular weight is 445 g/mol. The SMILES string of the molecule is O=C(Nc1cc(Br)ccc1Cc1ccccc1)c1ccc(Br)cc1. The number of halogens is 2. The van der Waals surface area contributed by atoms with Gasteiger partial charge in [0.2, 0.25) is 0 Å². The standard InChI is InChI=1S/C20H15Br2NO/c21-17-9-6-15(7-10-17)20(24)23-19-13-18(22)11-8-16(19)12-14-4-2-1-3-5-14/h1-11,13H,12H2,(H,23,24). The topological polar surface area (TPSA) is 29.1 Å². The average Bonchev–Trinajstić information content (AvgIpc) is 2.59. The minimum Gasteiger partial charge on any atom is -0.322 e. The Morgan fingerprint density at radius 2 is 1.50 bits per heavy atom. The van der Waals surface area contributed by atoms with Crippen molar-refractivity contribution in [2.45, 2.75) is 6.42 Å². The van der Waals surface area contributed by atoms with Gasteiger partial charge < -0.3 is 5.32 Å². The second kappa shape index (κ2) is 7.77. The zero-order valence-electron chi connectivity index (χ0n) is 12.8. The Balaban J connectivity index is 1.85. The van der Waals surface area contributed by atoms with Gasteiger partial charge in [0, 0.05) is 20.2 Å². The monoisotopic (exact) mass is 443 g/mol. The molecule has 3 aromatic carbocycles. The fourth-order valence-corrected chi connectivity index (χ4v) is 3.06. The Labute approximate surface area is 158 Å². The van der Waals surface area contributed by atoms with E-state index in [4.69, 9.17) is 0 Å². The first kappa shape index (κ1) is 16.9. The second-order valence-electron chi connectivity index (χ2n) is 5.42. The third-order valence-electron chi connectivity index (χ3n) is 3.66. The van der Waals surface area contributed by atoms with Crippen molar-refractivity contribution >= 4 is 43.5 Å². The first-order valence-electron chi connectivity index (χ1n) is 7.51. The van der Waals surface area contributed by atoms with Crippen LogP contribution in [0.4, 0.5) is 5.69 Å². The first-order valence-corrected chi connectivity index (χ1v) is 9.10. The van der Waals surface area contributed by atoms with Crippen LogP contribution in [-0.2, 0) is 6.42 Å². The molecule has 0 heterocycles. The van der Waals surface area contributed by atoms with E-state index in [1.807, 2.05) is 48.5 Å². The van der Waals surface area contributed by atoms with Crippen molar-refractivity contribution in [3.8, 4) is 0 Å². The van der Waals surface area contributed by atoms with E-state index in [1.54, 1.807) is 12.1 Å². The van der Waals surface area contributed by atoms with E-state index in [2.05, 4.69) is 49.3 Å². The summed E-state index contributed by atoms with van der Waals surface area (Å²) in [4.78, 5) is 12.5. The van der Waals surface area contributed by atoms with Crippen LogP contribution in [0.3, 0.4) is 0 Å². The summed E-state index contributed by atoms with van der Waals surface area (Å²) in [6.07, 6.45) is 0.768. The molecule has 0 saturated carbocycles. The number of benzene rings is 3. The minimum absolute atomic E-state index is 0.116. The highest BCUT2D eigenvalue weighted by molar-refractivity contribution is 9.10. The number of nitrogens with one attached hydrogen (secondary N) is 1. The first-order chi connectivity index (χ1) is 11.6. The molecule has 3 aromatic rings. The molecule has 4 heteroatoms. The summed E-state index contributed by atoms with van der Waals surface area (Å²) in [6.45, 7) is 0. The van der Waals surface area contributed by atoms with Crippen molar-refractivity contribution in [2.24, 2.45) is 0 Å². The second-order valence-corrected chi connectivity index (χ2v) is 7.26. The Morgan fingerprint density at radius 1 is 0.833 bits per heavy atom. The Hall–Kier alpha value is -1.91. The number of carbonyl (C=O) groups excluding carboxylic acids is 1. The summed E-state index contributed by atoms with van der Waals surface area (Å²) in [5.74, 6) is -0.116. The zero-order valence-corrected chi connectivity index (χ0v) is 16.0. The van der Waals surface area contributed by atoms with Crippen LogP contribution in [0.2, 0.25) is 0 Å². The quantitative estimate of drug-likeness (QED) is 0.520. The van der Waals surface area contributed by atoms with Crippen LogP contribution < -0.4 is 5.32 Å². The summed E-state index contributed by atoms with van der Waals surface area (Å²) >= 11 is 6.86. The van der Waals surface area contributed by atoms with Crippen LogP contribution in [0.5, 0.6) is 0 Å². The summed E-state index contributed by atoms with van der Waals surface area (Å²) in [6, 6.07) is 23.5. The smallest absolute Gasteiger partial charge is 0.255 e. The molecule has 0 spiro atoms. The van der Waals surface area contributed by atoms with Crippen molar-refractivity contribution in [3.63, 3.8) is 0 Å². The summed E-state index contributed by atoms with van der Waals surface area (Å²) in [5, 5.41) is 3.02. The molecule has 0 radical (unpaired) electrons. The van der Waals surface area contributed by atoms with E-state index in [-0.39, 0.29) is 5.91 Å². The van der Waals surface area contributed by atoms with Crippen LogP contribution in [0.25, 0.3) is 0 Å². The fourth-order valence-electron chi connectivity index (χ4n) is 2.43. The van der Waals surface area contributed by atoms with Gasteiger partial charge in [0.1, 0.15) is 0 Å². The molecule has 120 valence electrons. The molecule has 0 atom stereocenters. The molecule has 0 unspecified atom stereocenters. The van der Waals surface area contributed by atoms with E-state index in [0.717, 1.165) is 26.6 Å². The van der Waals surface area contributed by atoms with E-state index in [9.17, 15) is 4.79 Å². The van der Waals surface area contributed by atoms with Crippen molar-refractivity contribution < 1.29 is 4.79 Å². The largest absolute Gasteiger partial charge is 0.322 e. The number of hydrogen-bond donors (Lipinski definition) is 1. The third-order valence-corrected chi connectivity index (χ3v) is 4.69. The summed E-state index contributed by atoms with van der Waals surface area (Å²) in [5.41, 5.74) is 3.74. The lowest BCUT2D eigenvalue weighted by Gasteiger charge is -2.12. The molecule has 0 aliphatic rings. The molecule has 0 aliphatic heterocycles. The van der Waals surface area contributed by atoms with Crippen LogP contribution in [0.1, 0.15) is 21.5 Å². The number of anilines is 1. The van der Waals surface area contributed by atoms with Crippen LogP contribution in [0.15, 0.2) is 81.7 Å². The number of carbonyl (C=O) groups is 1. The maximum atomic E-state index is 12.5. The Kier molecular flexibility index (Phi) is 5.48. The van der Waals surface area contributed by atoms with Gasteiger partial charge in [-0.1, -0.05) is 68.3 Å². The minimum atomic E-state index is -0.116. The van der Waals surface area contributed by atoms with Gasteiger partial charge in [-0.15, -0.1) is 0 Å². The molecular formula is C20H15Br2NO. The molecule has 1 amide bonds. The van der Waals surface area contributed by atoms with Gasteiger partial charge in [0.05, 0.1) is 0 Å². The number of amides is 1. The lowest BCUT2D eigenvalue weighted by atomic mass is 10.0. The van der Waals surface area contributed by atoms with Gasteiger partial charge in [-0.2, -0.15) is 0 Å². The van der Waals surface area contributed by atoms with E-state index in [1.165, 1.54) is 5.56 Å². The highest BCUT2D eigenvalue weighted by Crippen LogP contribution is 2.25. The molecule has 3 rings (SSSR count). The van der Waals surface area contributed by atoms with E-state index >= 15 is 0 Å². The van der Waals surface area contributed by atoms with Crippen molar-refractivity contribution in [2.75, 3.05) is 5.32 Å². The summed E-state index contributed by atoms with van der Waals surface area (Å²) < 4.78 is 1.89. The number of hydrogen-bond acceptors (Lipinski definition) is 1. The summed E-state index contributed by atoms with van der Waals surface area (Å²) in [7, 11) is 0. The lowest BCUT2D eigenvalue weighted by Crippen LogP contribution is -2.13. The zero-order chi connectivity index (χ0) is 16.9.